The van der Waals surface area contributed by atoms with Crippen molar-refractivity contribution < 1.29 is 9.53 Å². The Kier molecular flexibility index (Phi) is 4.49. The zero-order valence-electron chi connectivity index (χ0n) is 11.4. The van der Waals surface area contributed by atoms with Gasteiger partial charge < -0.3 is 21.9 Å². The Morgan fingerprint density at radius 1 is 1.19 bits per heavy atom. The first-order valence-electron chi connectivity index (χ1n) is 6.14. The first kappa shape index (κ1) is 14.9. The van der Waals surface area contributed by atoms with E-state index in [0.29, 0.717) is 16.4 Å². The molecule has 1 aromatic carbocycles. The topological polar surface area (TPSA) is 130 Å². The van der Waals surface area contributed by atoms with Gasteiger partial charge in [0.2, 0.25) is 0 Å². The molecule has 1 aromatic heterocycles. The molecule has 0 saturated heterocycles. The quantitative estimate of drug-likeness (QED) is 0.440. The van der Waals surface area contributed by atoms with E-state index in [2.05, 4.69) is 9.97 Å². The maximum atomic E-state index is 11.8. The molecule has 2 rings (SSSR count). The monoisotopic (exact) mass is 305 g/mol. The summed E-state index contributed by atoms with van der Waals surface area (Å²) in [5, 5.41) is 0.395. The molecule has 7 nitrogen and oxygen atoms in total. The van der Waals surface area contributed by atoms with Crippen molar-refractivity contribution in [3.05, 3.63) is 29.8 Å². The summed E-state index contributed by atoms with van der Waals surface area (Å²) in [6, 6.07) is 6.48. The van der Waals surface area contributed by atoms with Crippen molar-refractivity contribution in [2.75, 3.05) is 23.8 Å². The molecule has 0 fully saturated rings. The fourth-order valence-electron chi connectivity index (χ4n) is 1.60. The fraction of sp³-hybridized carbons (Fsp3) is 0.154. The largest absolute Gasteiger partial charge is 0.462 e. The molecule has 110 valence electrons. The first-order chi connectivity index (χ1) is 9.99. The highest BCUT2D eigenvalue weighted by Crippen LogP contribution is 2.28. The van der Waals surface area contributed by atoms with Crippen molar-refractivity contribution in [3.63, 3.8) is 0 Å². The molecular formula is C13H15N5O2S. The summed E-state index contributed by atoms with van der Waals surface area (Å²) in [5.74, 6) is 0.0996. The van der Waals surface area contributed by atoms with Crippen molar-refractivity contribution in [1.82, 2.24) is 9.97 Å². The van der Waals surface area contributed by atoms with Crippen molar-refractivity contribution in [3.8, 4) is 0 Å². The molecule has 0 aliphatic heterocycles. The van der Waals surface area contributed by atoms with Gasteiger partial charge >= 0.3 is 5.97 Å². The van der Waals surface area contributed by atoms with Gasteiger partial charge in [0.15, 0.2) is 5.16 Å². The maximum absolute atomic E-state index is 11.8. The number of hydrogen-bond acceptors (Lipinski definition) is 8. The summed E-state index contributed by atoms with van der Waals surface area (Å²) in [6.07, 6.45) is 0. The van der Waals surface area contributed by atoms with Gasteiger partial charge in [-0.1, -0.05) is 0 Å². The first-order valence-corrected chi connectivity index (χ1v) is 6.95. The summed E-state index contributed by atoms with van der Waals surface area (Å²) in [5.41, 5.74) is 17.7. The van der Waals surface area contributed by atoms with Crippen LogP contribution in [0.1, 0.15) is 17.3 Å². The Balaban J connectivity index is 2.28. The van der Waals surface area contributed by atoms with Gasteiger partial charge in [-0.05, 0) is 36.9 Å². The van der Waals surface area contributed by atoms with Crippen LogP contribution in [-0.2, 0) is 4.74 Å². The van der Waals surface area contributed by atoms with Crippen LogP contribution in [0.25, 0.3) is 0 Å². The Morgan fingerprint density at radius 2 is 1.86 bits per heavy atom. The molecule has 8 heteroatoms. The van der Waals surface area contributed by atoms with Crippen LogP contribution in [0, 0.1) is 0 Å². The molecule has 0 atom stereocenters. The standard InChI is InChI=1S/C13H15N5O2S/c1-2-20-12(19)8-5-7(3-4-9(8)14)21-13-17-10(15)6-11(16)18-13/h3-6H,2,14H2,1H3,(H4,15,16,17,18). The summed E-state index contributed by atoms with van der Waals surface area (Å²) in [4.78, 5) is 20.7. The summed E-state index contributed by atoms with van der Waals surface area (Å²) < 4.78 is 4.95. The third kappa shape index (κ3) is 3.76. The van der Waals surface area contributed by atoms with Crippen LogP contribution in [0.3, 0.4) is 0 Å². The lowest BCUT2D eigenvalue weighted by molar-refractivity contribution is 0.0527. The lowest BCUT2D eigenvalue weighted by Crippen LogP contribution is -2.08. The molecule has 0 aliphatic carbocycles. The van der Waals surface area contributed by atoms with Gasteiger partial charge in [-0.2, -0.15) is 0 Å². The number of rotatable bonds is 4. The molecule has 0 saturated carbocycles. The van der Waals surface area contributed by atoms with E-state index in [9.17, 15) is 4.79 Å². The zero-order chi connectivity index (χ0) is 15.4. The SMILES string of the molecule is CCOC(=O)c1cc(Sc2nc(N)cc(N)n2)ccc1N. The molecule has 0 amide bonds. The number of esters is 1. The minimum absolute atomic E-state index is 0.282. The van der Waals surface area contributed by atoms with Crippen LogP contribution in [-0.4, -0.2) is 22.5 Å². The number of carbonyl (C=O) groups is 1. The molecule has 0 aliphatic rings. The average Bonchev–Trinajstić information content (AvgIpc) is 2.40. The molecule has 1 heterocycles. The number of aromatic nitrogens is 2. The van der Waals surface area contributed by atoms with Gasteiger partial charge in [0.25, 0.3) is 0 Å². The summed E-state index contributed by atoms with van der Waals surface area (Å²) in [6.45, 7) is 2.01. The highest BCUT2D eigenvalue weighted by molar-refractivity contribution is 7.99. The summed E-state index contributed by atoms with van der Waals surface area (Å²) >= 11 is 1.23. The normalized spacial score (nSPS) is 10.3. The van der Waals surface area contributed by atoms with Crippen LogP contribution >= 0.6 is 11.8 Å². The third-order valence-corrected chi connectivity index (χ3v) is 3.33. The highest BCUT2D eigenvalue weighted by atomic mass is 32.2. The lowest BCUT2D eigenvalue weighted by atomic mass is 10.2. The number of ether oxygens (including phenoxy) is 1. The number of carbonyl (C=O) groups excluding carboxylic acids is 1. The molecular weight excluding hydrogens is 290 g/mol. The number of hydrogen-bond donors (Lipinski definition) is 3. The van der Waals surface area contributed by atoms with E-state index in [0.717, 1.165) is 4.90 Å². The van der Waals surface area contributed by atoms with Gasteiger partial charge in [-0.3, -0.25) is 0 Å². The van der Waals surface area contributed by atoms with Gasteiger partial charge in [0.05, 0.1) is 12.2 Å². The molecule has 0 radical (unpaired) electrons. The van der Waals surface area contributed by atoms with E-state index in [4.69, 9.17) is 21.9 Å². The van der Waals surface area contributed by atoms with E-state index in [1.165, 1.54) is 17.8 Å². The molecule has 0 spiro atoms. The molecule has 2 aromatic rings. The fourth-order valence-corrected chi connectivity index (χ4v) is 2.42. The van der Waals surface area contributed by atoms with E-state index < -0.39 is 5.97 Å². The smallest absolute Gasteiger partial charge is 0.340 e. The minimum Gasteiger partial charge on any atom is -0.462 e. The van der Waals surface area contributed by atoms with Crippen LogP contribution < -0.4 is 17.2 Å². The second-order valence-corrected chi connectivity index (χ2v) is 5.11. The Labute approximate surface area is 125 Å². The number of anilines is 3. The van der Waals surface area contributed by atoms with Crippen LogP contribution in [0.4, 0.5) is 17.3 Å². The number of benzene rings is 1. The van der Waals surface area contributed by atoms with Gasteiger partial charge in [0.1, 0.15) is 11.6 Å². The second-order valence-electron chi connectivity index (χ2n) is 4.07. The number of nitrogens with two attached hydrogens (primary N) is 3. The van der Waals surface area contributed by atoms with E-state index >= 15 is 0 Å². The van der Waals surface area contributed by atoms with E-state index in [-0.39, 0.29) is 18.2 Å². The predicted molar refractivity (Wildman–Crippen MR) is 81.8 cm³/mol. The van der Waals surface area contributed by atoms with Crippen LogP contribution in [0.2, 0.25) is 0 Å². The average molecular weight is 305 g/mol. The Hall–Kier alpha value is -2.48. The van der Waals surface area contributed by atoms with Crippen molar-refractivity contribution in [2.45, 2.75) is 17.0 Å². The Morgan fingerprint density at radius 3 is 2.48 bits per heavy atom. The van der Waals surface area contributed by atoms with Crippen molar-refractivity contribution in [1.29, 1.82) is 0 Å². The van der Waals surface area contributed by atoms with Crippen molar-refractivity contribution >= 4 is 35.1 Å². The molecule has 21 heavy (non-hydrogen) atoms. The van der Waals surface area contributed by atoms with Gasteiger partial charge in [0, 0.05) is 16.6 Å². The second kappa shape index (κ2) is 6.31. The van der Waals surface area contributed by atoms with Crippen molar-refractivity contribution in [2.24, 2.45) is 0 Å². The van der Waals surface area contributed by atoms with Crippen LogP contribution in [0.15, 0.2) is 34.3 Å². The third-order valence-electron chi connectivity index (χ3n) is 2.47. The summed E-state index contributed by atoms with van der Waals surface area (Å²) in [7, 11) is 0. The van der Waals surface area contributed by atoms with Gasteiger partial charge in [-0.25, -0.2) is 14.8 Å². The number of nitrogens with zero attached hydrogens (tertiary/aromatic N) is 2. The van der Waals surface area contributed by atoms with Crippen LogP contribution in [0.5, 0.6) is 0 Å². The molecule has 0 bridgehead atoms. The van der Waals surface area contributed by atoms with E-state index in [1.54, 1.807) is 25.1 Å². The lowest BCUT2D eigenvalue weighted by Gasteiger charge is -2.08. The van der Waals surface area contributed by atoms with Gasteiger partial charge in [-0.15, -0.1) is 0 Å². The highest BCUT2D eigenvalue weighted by Gasteiger charge is 2.13. The maximum Gasteiger partial charge on any atom is 0.340 e. The van der Waals surface area contributed by atoms with E-state index in [1.807, 2.05) is 0 Å². The molecule has 0 unspecified atom stereocenters. The minimum atomic E-state index is -0.467. The number of nitrogen functional groups attached to an aromatic ring is 3. The zero-order valence-corrected chi connectivity index (χ0v) is 12.2. The predicted octanol–water partition coefficient (Wildman–Crippen LogP) is 1.55. The Bertz CT molecular complexity index is 657. The molecule has 6 N–H and O–H groups in total.